The first-order valence-corrected chi connectivity index (χ1v) is 6.14. The lowest BCUT2D eigenvalue weighted by Gasteiger charge is -2.12. The molecule has 0 radical (unpaired) electrons. The zero-order valence-electron chi connectivity index (χ0n) is 11.2. The molecule has 19 heavy (non-hydrogen) atoms. The van der Waals surface area contributed by atoms with Crippen LogP contribution in [0.15, 0.2) is 36.8 Å². The van der Waals surface area contributed by atoms with Gasteiger partial charge in [0.05, 0.1) is 24.7 Å². The van der Waals surface area contributed by atoms with E-state index in [0.29, 0.717) is 0 Å². The number of fused-ring (bicyclic) bond motifs is 1. The molecule has 0 aliphatic rings. The number of benzene rings is 1. The Balaban J connectivity index is 2.29. The standard InChI is InChI=1S/C15H15N3O/c1-10-8-12(19-3)4-5-13(10)15-11(2)17-9-14-16-6-7-18(14)15/h4-9H,1-3H3. The van der Waals surface area contributed by atoms with Crippen molar-refractivity contribution in [1.29, 1.82) is 0 Å². The Morgan fingerprint density at radius 1 is 1.16 bits per heavy atom. The number of rotatable bonds is 2. The molecule has 4 nitrogen and oxygen atoms in total. The van der Waals surface area contributed by atoms with Crippen LogP contribution in [0.4, 0.5) is 0 Å². The first-order chi connectivity index (χ1) is 9.20. The van der Waals surface area contributed by atoms with Crippen molar-refractivity contribution in [2.24, 2.45) is 0 Å². The van der Waals surface area contributed by atoms with Crippen molar-refractivity contribution in [3.63, 3.8) is 0 Å². The third kappa shape index (κ3) is 1.85. The Morgan fingerprint density at radius 3 is 2.74 bits per heavy atom. The number of hydrogen-bond donors (Lipinski definition) is 0. The van der Waals surface area contributed by atoms with Gasteiger partial charge in [-0.1, -0.05) is 0 Å². The summed E-state index contributed by atoms with van der Waals surface area (Å²) in [7, 11) is 1.68. The topological polar surface area (TPSA) is 39.4 Å². The summed E-state index contributed by atoms with van der Waals surface area (Å²) in [6.07, 6.45) is 5.54. The zero-order chi connectivity index (χ0) is 13.4. The van der Waals surface area contributed by atoms with Crippen molar-refractivity contribution in [3.05, 3.63) is 48.0 Å². The molecule has 2 heterocycles. The number of methoxy groups -OCH3 is 1. The minimum absolute atomic E-state index is 0.857. The molecule has 0 bridgehead atoms. The van der Waals surface area contributed by atoms with E-state index in [4.69, 9.17) is 4.74 Å². The molecule has 1 aromatic carbocycles. The fourth-order valence-corrected chi connectivity index (χ4v) is 2.34. The lowest BCUT2D eigenvalue weighted by Crippen LogP contribution is -1.99. The van der Waals surface area contributed by atoms with Gasteiger partial charge in [0.1, 0.15) is 5.75 Å². The molecule has 0 N–H and O–H groups in total. The van der Waals surface area contributed by atoms with Gasteiger partial charge in [-0.15, -0.1) is 0 Å². The molecule has 0 amide bonds. The first kappa shape index (κ1) is 11.7. The summed E-state index contributed by atoms with van der Waals surface area (Å²) in [4.78, 5) is 8.71. The molecule has 0 aliphatic carbocycles. The molecular formula is C15H15N3O. The summed E-state index contributed by atoms with van der Waals surface area (Å²) in [5, 5.41) is 0. The van der Waals surface area contributed by atoms with E-state index >= 15 is 0 Å². The summed E-state index contributed by atoms with van der Waals surface area (Å²) in [6.45, 7) is 4.09. The number of aromatic nitrogens is 3. The molecule has 0 unspecified atom stereocenters. The molecule has 2 aromatic heterocycles. The molecule has 3 aromatic rings. The Bertz CT molecular complexity index is 746. The average Bonchev–Trinajstić information content (AvgIpc) is 2.88. The van der Waals surface area contributed by atoms with E-state index in [0.717, 1.165) is 33.9 Å². The van der Waals surface area contributed by atoms with Gasteiger partial charge in [0.2, 0.25) is 0 Å². The van der Waals surface area contributed by atoms with Crippen molar-refractivity contribution in [2.45, 2.75) is 13.8 Å². The summed E-state index contributed by atoms with van der Waals surface area (Å²) in [5.41, 5.74) is 5.23. The van der Waals surface area contributed by atoms with Crippen LogP contribution < -0.4 is 4.74 Å². The molecule has 0 aliphatic heterocycles. The first-order valence-electron chi connectivity index (χ1n) is 6.14. The SMILES string of the molecule is COc1ccc(-c2c(C)ncc3nccn23)c(C)c1. The quantitative estimate of drug-likeness (QED) is 0.704. The van der Waals surface area contributed by atoms with Crippen molar-refractivity contribution < 1.29 is 4.74 Å². The maximum atomic E-state index is 5.25. The second-order valence-electron chi connectivity index (χ2n) is 4.53. The summed E-state index contributed by atoms with van der Waals surface area (Å²) in [6, 6.07) is 6.07. The highest BCUT2D eigenvalue weighted by atomic mass is 16.5. The Labute approximate surface area is 111 Å². The second kappa shape index (κ2) is 4.39. The van der Waals surface area contributed by atoms with Crippen LogP contribution in [0.1, 0.15) is 11.3 Å². The highest BCUT2D eigenvalue weighted by Gasteiger charge is 2.11. The van der Waals surface area contributed by atoms with E-state index < -0.39 is 0 Å². The lowest BCUT2D eigenvalue weighted by atomic mass is 10.0. The van der Waals surface area contributed by atoms with Gasteiger partial charge in [0.25, 0.3) is 0 Å². The van der Waals surface area contributed by atoms with Crippen molar-refractivity contribution >= 4 is 5.65 Å². The molecular weight excluding hydrogens is 238 g/mol. The summed E-state index contributed by atoms with van der Waals surface area (Å²) < 4.78 is 7.32. The van der Waals surface area contributed by atoms with Gasteiger partial charge < -0.3 is 4.74 Å². The smallest absolute Gasteiger partial charge is 0.155 e. The van der Waals surface area contributed by atoms with Crippen LogP contribution in [0.5, 0.6) is 5.75 Å². The predicted molar refractivity (Wildman–Crippen MR) is 74.4 cm³/mol. The van der Waals surface area contributed by atoms with Crippen LogP contribution in [0.3, 0.4) is 0 Å². The zero-order valence-corrected chi connectivity index (χ0v) is 11.2. The van der Waals surface area contributed by atoms with Crippen LogP contribution in [0.25, 0.3) is 16.9 Å². The monoisotopic (exact) mass is 253 g/mol. The number of nitrogens with zero attached hydrogens (tertiary/aromatic N) is 3. The van der Waals surface area contributed by atoms with Crippen LogP contribution in [-0.4, -0.2) is 21.5 Å². The van der Waals surface area contributed by atoms with Crippen LogP contribution in [0, 0.1) is 13.8 Å². The third-order valence-electron chi connectivity index (χ3n) is 3.32. The number of aryl methyl sites for hydroxylation is 2. The van der Waals surface area contributed by atoms with Gasteiger partial charge in [0.15, 0.2) is 5.65 Å². The van der Waals surface area contributed by atoms with E-state index in [-0.39, 0.29) is 0 Å². The maximum Gasteiger partial charge on any atom is 0.155 e. The molecule has 0 saturated heterocycles. The molecule has 4 heteroatoms. The molecule has 0 saturated carbocycles. The van der Waals surface area contributed by atoms with E-state index in [1.165, 1.54) is 0 Å². The minimum Gasteiger partial charge on any atom is -0.497 e. The summed E-state index contributed by atoms with van der Waals surface area (Å²) >= 11 is 0. The maximum absolute atomic E-state index is 5.25. The van der Waals surface area contributed by atoms with Crippen LogP contribution >= 0.6 is 0 Å². The Hall–Kier alpha value is -2.36. The lowest BCUT2D eigenvalue weighted by molar-refractivity contribution is 0.414. The number of ether oxygens (including phenoxy) is 1. The van der Waals surface area contributed by atoms with E-state index in [2.05, 4.69) is 27.4 Å². The Morgan fingerprint density at radius 2 is 2.00 bits per heavy atom. The van der Waals surface area contributed by atoms with Gasteiger partial charge >= 0.3 is 0 Å². The molecule has 0 spiro atoms. The van der Waals surface area contributed by atoms with Crippen molar-refractivity contribution in [1.82, 2.24) is 14.4 Å². The van der Waals surface area contributed by atoms with Crippen LogP contribution in [-0.2, 0) is 0 Å². The van der Waals surface area contributed by atoms with Gasteiger partial charge in [-0.2, -0.15) is 0 Å². The van der Waals surface area contributed by atoms with E-state index in [9.17, 15) is 0 Å². The van der Waals surface area contributed by atoms with Gasteiger partial charge in [0, 0.05) is 18.0 Å². The summed E-state index contributed by atoms with van der Waals surface area (Å²) in [5.74, 6) is 0.865. The van der Waals surface area contributed by atoms with Crippen molar-refractivity contribution in [3.8, 4) is 17.0 Å². The normalized spacial score (nSPS) is 10.9. The van der Waals surface area contributed by atoms with Gasteiger partial charge in [-0.25, -0.2) is 4.98 Å². The Kier molecular flexibility index (Phi) is 2.71. The number of imidazole rings is 1. The highest BCUT2D eigenvalue weighted by molar-refractivity contribution is 5.69. The van der Waals surface area contributed by atoms with Gasteiger partial charge in [-0.05, 0) is 37.6 Å². The predicted octanol–water partition coefficient (Wildman–Crippen LogP) is 3.02. The molecule has 0 fully saturated rings. The largest absolute Gasteiger partial charge is 0.497 e. The number of hydrogen-bond acceptors (Lipinski definition) is 3. The fourth-order valence-electron chi connectivity index (χ4n) is 2.34. The van der Waals surface area contributed by atoms with Crippen LogP contribution in [0.2, 0.25) is 0 Å². The van der Waals surface area contributed by atoms with E-state index in [1.54, 1.807) is 19.5 Å². The molecule has 3 rings (SSSR count). The second-order valence-corrected chi connectivity index (χ2v) is 4.53. The van der Waals surface area contributed by atoms with Crippen molar-refractivity contribution in [2.75, 3.05) is 7.11 Å². The fraction of sp³-hybridized carbons (Fsp3) is 0.200. The van der Waals surface area contributed by atoms with Gasteiger partial charge in [-0.3, -0.25) is 9.38 Å². The molecule has 96 valence electrons. The molecule has 0 atom stereocenters. The average molecular weight is 253 g/mol. The third-order valence-corrected chi connectivity index (χ3v) is 3.32. The minimum atomic E-state index is 0.857. The van der Waals surface area contributed by atoms with E-state index in [1.807, 2.05) is 25.3 Å². The highest BCUT2D eigenvalue weighted by Crippen LogP contribution is 2.28.